The number of hydrogen-bond acceptors (Lipinski definition) is 2. The molecule has 16 heavy (non-hydrogen) atoms. The zero-order valence-electron chi connectivity index (χ0n) is 7.91. The third-order valence-corrected chi connectivity index (χ3v) is 1.87. The molecule has 0 aliphatic rings. The van der Waals surface area contributed by atoms with Crippen molar-refractivity contribution in [2.75, 3.05) is 5.32 Å². The average Bonchev–Trinajstić information content (AvgIpc) is 2.21. The smallest absolute Gasteiger partial charge is 0.328 e. The average molecular weight is 244 g/mol. The topological polar surface area (TPSA) is 66.4 Å². The summed E-state index contributed by atoms with van der Waals surface area (Å²) in [6.07, 6.45) is 1.51. The Balaban J connectivity index is 2.70. The number of carboxylic acids is 1. The molecule has 0 heterocycles. The lowest BCUT2D eigenvalue weighted by molar-refractivity contribution is -0.131. The van der Waals surface area contributed by atoms with Crippen LogP contribution in [0.5, 0.6) is 0 Å². The summed E-state index contributed by atoms with van der Waals surface area (Å²) in [6, 6.07) is 3.72. The second-order valence-corrected chi connectivity index (χ2v) is 3.20. The lowest BCUT2D eigenvalue weighted by atomic mass is 10.3. The van der Waals surface area contributed by atoms with E-state index in [2.05, 4.69) is 5.32 Å². The summed E-state index contributed by atoms with van der Waals surface area (Å²) in [5.41, 5.74) is 0.196. The molecule has 6 heteroatoms. The number of carboxylic acid groups (broad SMARTS) is 1. The highest BCUT2D eigenvalue weighted by molar-refractivity contribution is 6.30. The molecule has 0 aromatic heterocycles. The largest absolute Gasteiger partial charge is 0.478 e. The summed E-state index contributed by atoms with van der Waals surface area (Å²) in [6.45, 7) is 0. The minimum atomic E-state index is -1.24. The van der Waals surface area contributed by atoms with Gasteiger partial charge in [0.25, 0.3) is 0 Å². The van der Waals surface area contributed by atoms with Gasteiger partial charge in [-0.15, -0.1) is 0 Å². The summed E-state index contributed by atoms with van der Waals surface area (Å²) in [5.74, 6) is -2.57. The number of halogens is 2. The lowest BCUT2D eigenvalue weighted by Crippen LogP contribution is -2.08. The van der Waals surface area contributed by atoms with Crippen molar-refractivity contribution in [3.8, 4) is 0 Å². The molecule has 0 bridgehead atoms. The Morgan fingerprint density at radius 2 is 2.06 bits per heavy atom. The van der Waals surface area contributed by atoms with Gasteiger partial charge in [0.2, 0.25) is 5.91 Å². The highest BCUT2D eigenvalue weighted by Crippen LogP contribution is 2.18. The molecule has 0 radical (unpaired) electrons. The third-order valence-electron chi connectivity index (χ3n) is 1.56. The van der Waals surface area contributed by atoms with Gasteiger partial charge in [-0.3, -0.25) is 4.79 Å². The van der Waals surface area contributed by atoms with Gasteiger partial charge in [0.05, 0.1) is 5.02 Å². The van der Waals surface area contributed by atoms with Crippen molar-refractivity contribution in [2.45, 2.75) is 0 Å². The van der Waals surface area contributed by atoms with Crippen molar-refractivity contribution in [2.24, 2.45) is 0 Å². The van der Waals surface area contributed by atoms with Crippen LogP contribution in [0.4, 0.5) is 10.1 Å². The molecule has 1 aromatic carbocycles. The van der Waals surface area contributed by atoms with Crippen LogP contribution in [-0.4, -0.2) is 17.0 Å². The van der Waals surface area contributed by atoms with E-state index in [-0.39, 0.29) is 10.7 Å². The fourth-order valence-corrected chi connectivity index (χ4v) is 1.02. The number of anilines is 1. The van der Waals surface area contributed by atoms with Crippen molar-refractivity contribution in [1.82, 2.24) is 0 Å². The van der Waals surface area contributed by atoms with Gasteiger partial charge >= 0.3 is 5.97 Å². The van der Waals surface area contributed by atoms with Crippen LogP contribution in [0.3, 0.4) is 0 Å². The summed E-state index contributed by atoms with van der Waals surface area (Å²) in [7, 11) is 0. The molecular weight excluding hydrogens is 237 g/mol. The van der Waals surface area contributed by atoms with Crippen molar-refractivity contribution >= 4 is 29.2 Å². The predicted octanol–water partition coefficient (Wildman–Crippen LogP) is 2.06. The van der Waals surface area contributed by atoms with Crippen LogP contribution < -0.4 is 5.32 Å². The van der Waals surface area contributed by atoms with Crippen LogP contribution in [0.15, 0.2) is 30.4 Å². The van der Waals surface area contributed by atoms with Crippen LogP contribution in [0.1, 0.15) is 0 Å². The number of rotatable bonds is 3. The van der Waals surface area contributed by atoms with Gasteiger partial charge < -0.3 is 10.4 Å². The van der Waals surface area contributed by atoms with Crippen LogP contribution in [0.25, 0.3) is 0 Å². The number of hydrogen-bond donors (Lipinski definition) is 2. The summed E-state index contributed by atoms with van der Waals surface area (Å²) < 4.78 is 12.9. The fourth-order valence-electron chi connectivity index (χ4n) is 0.905. The van der Waals surface area contributed by atoms with Crippen LogP contribution in [0.2, 0.25) is 5.02 Å². The van der Waals surface area contributed by atoms with E-state index < -0.39 is 17.7 Å². The molecular formula is C10H7ClFNO3. The second kappa shape index (κ2) is 5.27. The van der Waals surface area contributed by atoms with E-state index in [1.54, 1.807) is 0 Å². The molecule has 0 aliphatic heterocycles. The first-order valence-electron chi connectivity index (χ1n) is 4.16. The Morgan fingerprint density at radius 3 is 2.62 bits per heavy atom. The van der Waals surface area contributed by atoms with Gasteiger partial charge in [-0.1, -0.05) is 11.6 Å². The first-order chi connectivity index (χ1) is 7.49. The van der Waals surface area contributed by atoms with Gasteiger partial charge in [-0.25, -0.2) is 9.18 Å². The molecule has 0 saturated carbocycles. The molecule has 1 rings (SSSR count). The first kappa shape index (κ1) is 12.2. The molecule has 1 aromatic rings. The molecule has 0 saturated heterocycles. The predicted molar refractivity (Wildman–Crippen MR) is 56.8 cm³/mol. The molecule has 0 spiro atoms. The Labute approximate surface area is 95.3 Å². The van der Waals surface area contributed by atoms with Crippen molar-refractivity contribution in [1.29, 1.82) is 0 Å². The standard InChI is InChI=1S/C10H7ClFNO3/c11-7-2-1-6(5-8(7)12)13-9(14)3-4-10(15)16/h1-5H,(H,13,14)(H,15,16)/b4-3+. The summed E-state index contributed by atoms with van der Waals surface area (Å²) in [5, 5.41) is 10.5. The highest BCUT2D eigenvalue weighted by Gasteiger charge is 2.03. The van der Waals surface area contributed by atoms with Gasteiger partial charge in [-0.2, -0.15) is 0 Å². The van der Waals surface area contributed by atoms with Crippen LogP contribution >= 0.6 is 11.6 Å². The number of aliphatic carboxylic acids is 1. The van der Waals surface area contributed by atoms with Gasteiger partial charge in [0.15, 0.2) is 0 Å². The number of carbonyl (C=O) groups excluding carboxylic acids is 1. The highest BCUT2D eigenvalue weighted by atomic mass is 35.5. The fraction of sp³-hybridized carbons (Fsp3) is 0. The summed E-state index contributed by atoms with van der Waals surface area (Å²) in [4.78, 5) is 21.2. The quantitative estimate of drug-likeness (QED) is 0.799. The normalized spacial score (nSPS) is 10.4. The van der Waals surface area contributed by atoms with Crippen LogP contribution in [-0.2, 0) is 9.59 Å². The number of carbonyl (C=O) groups is 2. The van der Waals surface area contributed by atoms with E-state index in [4.69, 9.17) is 16.7 Å². The molecule has 0 aliphatic carbocycles. The maximum absolute atomic E-state index is 12.9. The van der Waals surface area contributed by atoms with E-state index >= 15 is 0 Å². The summed E-state index contributed by atoms with van der Waals surface area (Å²) >= 11 is 5.44. The molecule has 1 amide bonds. The van der Waals surface area contributed by atoms with E-state index in [0.29, 0.717) is 6.08 Å². The molecule has 2 N–H and O–H groups in total. The number of amides is 1. The maximum Gasteiger partial charge on any atom is 0.328 e. The van der Waals surface area contributed by atoms with Gasteiger partial charge in [0.1, 0.15) is 5.82 Å². The minimum Gasteiger partial charge on any atom is -0.478 e. The van der Waals surface area contributed by atoms with Crippen molar-refractivity contribution in [3.05, 3.63) is 41.2 Å². The Hall–Kier alpha value is -1.88. The monoisotopic (exact) mass is 243 g/mol. The van der Waals surface area contributed by atoms with Gasteiger partial charge in [-0.05, 0) is 18.2 Å². The third kappa shape index (κ3) is 3.70. The van der Waals surface area contributed by atoms with Crippen molar-refractivity contribution < 1.29 is 19.1 Å². The van der Waals surface area contributed by atoms with E-state index in [1.165, 1.54) is 12.1 Å². The molecule has 0 unspecified atom stereocenters. The molecule has 4 nitrogen and oxygen atoms in total. The SMILES string of the molecule is O=C(O)/C=C/C(=O)Nc1ccc(Cl)c(F)c1. The van der Waals surface area contributed by atoms with E-state index in [1.807, 2.05) is 0 Å². The zero-order valence-corrected chi connectivity index (χ0v) is 8.66. The van der Waals surface area contributed by atoms with Gasteiger partial charge in [0, 0.05) is 17.8 Å². The zero-order chi connectivity index (χ0) is 12.1. The van der Waals surface area contributed by atoms with Crippen LogP contribution in [0, 0.1) is 5.82 Å². The number of nitrogens with one attached hydrogen (secondary N) is 1. The lowest BCUT2D eigenvalue weighted by Gasteiger charge is -2.02. The Kier molecular flexibility index (Phi) is 4.02. The minimum absolute atomic E-state index is 0.0564. The number of benzene rings is 1. The van der Waals surface area contributed by atoms with Crippen molar-refractivity contribution in [3.63, 3.8) is 0 Å². The Morgan fingerprint density at radius 1 is 1.38 bits per heavy atom. The van der Waals surface area contributed by atoms with E-state index in [9.17, 15) is 14.0 Å². The second-order valence-electron chi connectivity index (χ2n) is 2.79. The van der Waals surface area contributed by atoms with E-state index in [0.717, 1.165) is 12.1 Å². The Bertz CT molecular complexity index is 459. The molecule has 84 valence electrons. The molecule has 0 fully saturated rings. The maximum atomic E-state index is 12.9. The first-order valence-corrected chi connectivity index (χ1v) is 4.54. The molecule has 0 atom stereocenters.